The lowest BCUT2D eigenvalue weighted by atomic mass is 10.2. The zero-order valence-electron chi connectivity index (χ0n) is 8.80. The van der Waals surface area contributed by atoms with Crippen LogP contribution in [0.25, 0.3) is 0 Å². The van der Waals surface area contributed by atoms with Crippen LogP contribution in [0.3, 0.4) is 0 Å². The Morgan fingerprint density at radius 3 is 2.75 bits per heavy atom. The van der Waals surface area contributed by atoms with E-state index >= 15 is 0 Å². The standard InChI is InChI=1S/C9H13N3O3S/c1-15-9-3-2-7(6-8(9)10)12-5-4-11-16(12,13)14/h2-3,6,11H,4-5,10H2,1H3. The van der Waals surface area contributed by atoms with Crippen LogP contribution in [0.1, 0.15) is 0 Å². The van der Waals surface area contributed by atoms with Crippen molar-refractivity contribution < 1.29 is 13.2 Å². The molecule has 0 radical (unpaired) electrons. The van der Waals surface area contributed by atoms with Crippen molar-refractivity contribution >= 4 is 21.6 Å². The summed E-state index contributed by atoms with van der Waals surface area (Å²) in [5.41, 5.74) is 6.68. The molecule has 1 aromatic rings. The van der Waals surface area contributed by atoms with Crippen LogP contribution in [0.2, 0.25) is 0 Å². The van der Waals surface area contributed by atoms with Crippen molar-refractivity contribution in [1.29, 1.82) is 0 Å². The molecule has 7 heteroatoms. The Kier molecular flexibility index (Phi) is 2.64. The van der Waals surface area contributed by atoms with E-state index in [0.29, 0.717) is 30.2 Å². The molecular formula is C9H13N3O3S. The lowest BCUT2D eigenvalue weighted by Crippen LogP contribution is -2.29. The van der Waals surface area contributed by atoms with Crippen molar-refractivity contribution in [1.82, 2.24) is 4.72 Å². The Balaban J connectivity index is 2.39. The highest BCUT2D eigenvalue weighted by Crippen LogP contribution is 2.28. The second-order valence-electron chi connectivity index (χ2n) is 3.40. The molecule has 3 N–H and O–H groups in total. The highest BCUT2D eigenvalue weighted by molar-refractivity contribution is 7.91. The predicted molar refractivity (Wildman–Crippen MR) is 61.7 cm³/mol. The summed E-state index contributed by atoms with van der Waals surface area (Å²) in [6.07, 6.45) is 0. The number of hydrogen-bond donors (Lipinski definition) is 2. The molecule has 0 saturated carbocycles. The second kappa shape index (κ2) is 3.84. The zero-order chi connectivity index (χ0) is 11.8. The quantitative estimate of drug-likeness (QED) is 0.712. The molecule has 6 nitrogen and oxygen atoms in total. The van der Waals surface area contributed by atoms with Gasteiger partial charge in [0.25, 0.3) is 0 Å². The molecule has 1 heterocycles. The van der Waals surface area contributed by atoms with E-state index < -0.39 is 10.2 Å². The van der Waals surface area contributed by atoms with Crippen molar-refractivity contribution in [2.45, 2.75) is 0 Å². The number of methoxy groups -OCH3 is 1. The van der Waals surface area contributed by atoms with Gasteiger partial charge in [-0.05, 0) is 18.2 Å². The Hall–Kier alpha value is -1.47. The van der Waals surface area contributed by atoms with Crippen molar-refractivity contribution in [2.24, 2.45) is 0 Å². The fourth-order valence-electron chi connectivity index (χ4n) is 1.62. The topological polar surface area (TPSA) is 84.7 Å². The third-order valence-corrected chi connectivity index (χ3v) is 3.93. The number of nitrogens with one attached hydrogen (secondary N) is 1. The van der Waals surface area contributed by atoms with E-state index in [2.05, 4.69) is 4.72 Å². The lowest BCUT2D eigenvalue weighted by molar-refractivity contribution is 0.417. The van der Waals surface area contributed by atoms with E-state index in [-0.39, 0.29) is 0 Å². The maximum absolute atomic E-state index is 11.6. The third kappa shape index (κ3) is 1.79. The largest absolute Gasteiger partial charge is 0.495 e. The van der Waals surface area contributed by atoms with Gasteiger partial charge in [0.2, 0.25) is 0 Å². The lowest BCUT2D eigenvalue weighted by Gasteiger charge is -2.17. The highest BCUT2D eigenvalue weighted by atomic mass is 32.2. The highest BCUT2D eigenvalue weighted by Gasteiger charge is 2.28. The summed E-state index contributed by atoms with van der Waals surface area (Å²) in [5, 5.41) is 0. The predicted octanol–water partition coefficient (Wildman–Crippen LogP) is -0.0682. The molecule has 1 aromatic carbocycles. The first kappa shape index (κ1) is 11.0. The third-order valence-electron chi connectivity index (χ3n) is 2.39. The maximum atomic E-state index is 11.6. The van der Waals surface area contributed by atoms with Crippen molar-refractivity contribution in [3.63, 3.8) is 0 Å². The number of hydrogen-bond acceptors (Lipinski definition) is 4. The smallest absolute Gasteiger partial charge is 0.301 e. The number of benzene rings is 1. The molecule has 1 saturated heterocycles. The number of nitrogen functional groups attached to an aromatic ring is 1. The average Bonchev–Trinajstić information content (AvgIpc) is 2.58. The minimum absolute atomic E-state index is 0.411. The van der Waals surface area contributed by atoms with Crippen LogP contribution in [0, 0.1) is 0 Å². The van der Waals surface area contributed by atoms with Crippen LogP contribution >= 0.6 is 0 Å². The molecular weight excluding hydrogens is 230 g/mol. The Bertz CT molecular complexity index is 501. The van der Waals surface area contributed by atoms with Gasteiger partial charge in [-0.3, -0.25) is 4.31 Å². The van der Waals surface area contributed by atoms with Gasteiger partial charge in [0.1, 0.15) is 5.75 Å². The van der Waals surface area contributed by atoms with Crippen LogP contribution in [-0.2, 0) is 10.2 Å². The van der Waals surface area contributed by atoms with Crippen LogP contribution in [0.5, 0.6) is 5.75 Å². The van der Waals surface area contributed by atoms with Gasteiger partial charge in [0.05, 0.1) is 18.5 Å². The van der Waals surface area contributed by atoms with Gasteiger partial charge in [-0.25, -0.2) is 0 Å². The van der Waals surface area contributed by atoms with E-state index in [1.165, 1.54) is 11.4 Å². The summed E-state index contributed by atoms with van der Waals surface area (Å²) < 4.78 is 31.8. The summed E-state index contributed by atoms with van der Waals surface area (Å²) in [7, 11) is -1.88. The molecule has 0 spiro atoms. The summed E-state index contributed by atoms with van der Waals surface area (Å²) in [6.45, 7) is 0.822. The summed E-state index contributed by atoms with van der Waals surface area (Å²) in [4.78, 5) is 0. The van der Waals surface area contributed by atoms with E-state index in [4.69, 9.17) is 10.5 Å². The van der Waals surface area contributed by atoms with Gasteiger partial charge in [0, 0.05) is 13.1 Å². The molecule has 0 bridgehead atoms. The average molecular weight is 243 g/mol. The maximum Gasteiger partial charge on any atom is 0.301 e. The second-order valence-corrected chi connectivity index (χ2v) is 5.08. The molecule has 1 aliphatic rings. The summed E-state index contributed by atoms with van der Waals surface area (Å²) in [6, 6.07) is 4.90. The first-order chi connectivity index (χ1) is 7.54. The van der Waals surface area contributed by atoms with Crippen LogP contribution in [0.4, 0.5) is 11.4 Å². The number of anilines is 2. The van der Waals surface area contributed by atoms with Gasteiger partial charge in [-0.1, -0.05) is 0 Å². The number of rotatable bonds is 2. The normalized spacial score (nSPS) is 18.7. The molecule has 2 rings (SSSR count). The van der Waals surface area contributed by atoms with E-state index in [1.807, 2.05) is 0 Å². The number of nitrogens with zero attached hydrogens (tertiary/aromatic N) is 1. The molecule has 88 valence electrons. The molecule has 1 aliphatic heterocycles. The molecule has 16 heavy (non-hydrogen) atoms. The Morgan fingerprint density at radius 2 is 2.25 bits per heavy atom. The molecule has 0 aromatic heterocycles. The van der Waals surface area contributed by atoms with Gasteiger partial charge >= 0.3 is 10.2 Å². The minimum atomic E-state index is -3.39. The Labute approximate surface area is 94.2 Å². The first-order valence-electron chi connectivity index (χ1n) is 4.75. The Morgan fingerprint density at radius 1 is 1.50 bits per heavy atom. The fourth-order valence-corrected chi connectivity index (χ4v) is 2.85. The minimum Gasteiger partial charge on any atom is -0.495 e. The SMILES string of the molecule is COc1ccc(N2CCNS2(=O)=O)cc1N. The molecule has 1 fully saturated rings. The van der Waals surface area contributed by atoms with Gasteiger partial charge < -0.3 is 10.5 Å². The molecule has 0 unspecified atom stereocenters. The van der Waals surface area contributed by atoms with Gasteiger partial charge in [-0.15, -0.1) is 0 Å². The summed E-state index contributed by atoms with van der Waals surface area (Å²) in [5.74, 6) is 0.535. The van der Waals surface area contributed by atoms with E-state index in [0.717, 1.165) is 0 Å². The van der Waals surface area contributed by atoms with Gasteiger partial charge in [0.15, 0.2) is 0 Å². The molecule has 0 atom stereocenters. The zero-order valence-corrected chi connectivity index (χ0v) is 9.62. The van der Waals surface area contributed by atoms with Crippen LogP contribution in [0.15, 0.2) is 18.2 Å². The monoisotopic (exact) mass is 243 g/mol. The number of nitrogens with two attached hydrogens (primary N) is 1. The number of ether oxygens (including phenoxy) is 1. The van der Waals surface area contributed by atoms with Crippen LogP contribution < -0.4 is 19.5 Å². The van der Waals surface area contributed by atoms with Crippen molar-refractivity contribution in [3.8, 4) is 5.75 Å². The van der Waals surface area contributed by atoms with Crippen molar-refractivity contribution in [3.05, 3.63) is 18.2 Å². The molecule has 0 amide bonds. The fraction of sp³-hybridized carbons (Fsp3) is 0.333. The van der Waals surface area contributed by atoms with E-state index in [1.54, 1.807) is 18.2 Å². The van der Waals surface area contributed by atoms with E-state index in [9.17, 15) is 8.42 Å². The summed E-state index contributed by atoms with van der Waals surface area (Å²) >= 11 is 0. The first-order valence-corrected chi connectivity index (χ1v) is 6.19. The van der Waals surface area contributed by atoms with Gasteiger partial charge in [-0.2, -0.15) is 13.1 Å². The van der Waals surface area contributed by atoms with Crippen molar-refractivity contribution in [2.75, 3.05) is 30.2 Å². The van der Waals surface area contributed by atoms with Crippen LogP contribution in [-0.4, -0.2) is 28.6 Å². The molecule has 0 aliphatic carbocycles.